The van der Waals surface area contributed by atoms with Crippen LogP contribution < -0.4 is 10.1 Å². The van der Waals surface area contributed by atoms with Gasteiger partial charge in [0.25, 0.3) is 5.91 Å². The van der Waals surface area contributed by atoms with Gasteiger partial charge in [-0.3, -0.25) is 9.52 Å². The van der Waals surface area contributed by atoms with Gasteiger partial charge in [0.15, 0.2) is 0 Å². The fourth-order valence-electron chi connectivity index (χ4n) is 3.41. The van der Waals surface area contributed by atoms with E-state index in [0.717, 1.165) is 17.4 Å². The van der Waals surface area contributed by atoms with E-state index in [4.69, 9.17) is 11.6 Å². The number of aromatic nitrogens is 1. The predicted molar refractivity (Wildman–Crippen MR) is 137 cm³/mol. The Morgan fingerprint density at radius 1 is 0.971 bits per heavy atom. The molecular formula is C25H21ClN4O3S. The minimum absolute atomic E-state index is 0.378. The molecule has 0 spiro atoms. The first kappa shape index (κ1) is 23.4. The molecule has 0 radical (unpaired) electrons. The molecule has 7 nitrogen and oxygen atoms in total. The number of pyridine rings is 1. The summed E-state index contributed by atoms with van der Waals surface area (Å²) in [5.74, 6) is -0.378. The van der Waals surface area contributed by atoms with Gasteiger partial charge in [0.1, 0.15) is 0 Å². The molecule has 1 amide bonds. The summed E-state index contributed by atoms with van der Waals surface area (Å²) < 4.78 is 25.1. The van der Waals surface area contributed by atoms with E-state index < -0.39 is 10.0 Å². The molecule has 0 aliphatic carbocycles. The number of rotatable bonds is 6. The molecule has 0 fully saturated rings. The summed E-state index contributed by atoms with van der Waals surface area (Å²) in [4.78, 5) is 17.8. The maximum absolute atomic E-state index is 13.1. The maximum atomic E-state index is 13.1. The van der Waals surface area contributed by atoms with E-state index >= 15 is 0 Å². The van der Waals surface area contributed by atoms with Crippen molar-refractivity contribution in [2.75, 3.05) is 11.0 Å². The van der Waals surface area contributed by atoms with E-state index in [2.05, 4.69) is 20.2 Å². The number of nitrogens with one attached hydrogen (secondary N) is 2. The Kier molecular flexibility index (Phi) is 6.63. The summed E-state index contributed by atoms with van der Waals surface area (Å²) >= 11 is 6.14. The van der Waals surface area contributed by atoms with Crippen LogP contribution in [0, 0.1) is 0 Å². The molecule has 2 N–H and O–H groups in total. The molecule has 0 saturated carbocycles. The van der Waals surface area contributed by atoms with Crippen molar-refractivity contribution in [3.63, 3.8) is 0 Å². The molecule has 1 heterocycles. The average Bonchev–Trinajstić information content (AvgIpc) is 2.81. The SMILES string of the molecule is C/C(=N/NC(=O)c1cc(-c2cccc(Cl)c2)nc2ccccc12)c1ccc(NS(C)(=O)=O)cc1. The highest BCUT2D eigenvalue weighted by Gasteiger charge is 2.14. The van der Waals surface area contributed by atoms with Crippen LogP contribution in [0.2, 0.25) is 5.02 Å². The van der Waals surface area contributed by atoms with Crippen LogP contribution in [0.3, 0.4) is 0 Å². The molecule has 0 unspecified atom stereocenters. The molecule has 0 aliphatic rings. The Morgan fingerprint density at radius 2 is 1.71 bits per heavy atom. The first-order valence-electron chi connectivity index (χ1n) is 10.3. The number of carbonyl (C=O) groups excluding carboxylic acids is 1. The van der Waals surface area contributed by atoms with Crippen LogP contribution in [0.4, 0.5) is 5.69 Å². The molecule has 4 aromatic rings. The van der Waals surface area contributed by atoms with Gasteiger partial charge in [-0.15, -0.1) is 0 Å². The van der Waals surface area contributed by atoms with Crippen molar-refractivity contribution in [2.45, 2.75) is 6.92 Å². The van der Waals surface area contributed by atoms with Gasteiger partial charge < -0.3 is 0 Å². The van der Waals surface area contributed by atoms with Crippen LogP contribution in [0.1, 0.15) is 22.8 Å². The topological polar surface area (TPSA) is 101 Å². The van der Waals surface area contributed by atoms with Crippen molar-refractivity contribution in [1.82, 2.24) is 10.4 Å². The molecule has 0 bridgehead atoms. The molecular weight excluding hydrogens is 472 g/mol. The van der Waals surface area contributed by atoms with Gasteiger partial charge >= 0.3 is 0 Å². The highest BCUT2D eigenvalue weighted by molar-refractivity contribution is 7.92. The maximum Gasteiger partial charge on any atom is 0.272 e. The number of hydrogen-bond acceptors (Lipinski definition) is 5. The summed E-state index contributed by atoms with van der Waals surface area (Å²) in [6, 6.07) is 23.1. The van der Waals surface area contributed by atoms with Crippen molar-refractivity contribution in [3.05, 3.63) is 95.0 Å². The molecule has 34 heavy (non-hydrogen) atoms. The van der Waals surface area contributed by atoms with Gasteiger partial charge in [-0.05, 0) is 48.9 Å². The highest BCUT2D eigenvalue weighted by Crippen LogP contribution is 2.26. The van der Waals surface area contributed by atoms with Gasteiger partial charge in [-0.25, -0.2) is 18.8 Å². The average molecular weight is 493 g/mol. The molecule has 0 atom stereocenters. The number of anilines is 1. The normalized spacial score (nSPS) is 11.9. The van der Waals surface area contributed by atoms with Crippen LogP contribution in [-0.2, 0) is 10.0 Å². The molecule has 9 heteroatoms. The third-order valence-corrected chi connectivity index (χ3v) is 5.85. The minimum atomic E-state index is -3.36. The number of fused-ring (bicyclic) bond motifs is 1. The second-order valence-corrected chi connectivity index (χ2v) is 9.86. The van der Waals surface area contributed by atoms with Crippen LogP contribution >= 0.6 is 11.6 Å². The van der Waals surface area contributed by atoms with Gasteiger partial charge in [-0.1, -0.05) is 54.1 Å². The lowest BCUT2D eigenvalue weighted by atomic mass is 10.0. The Morgan fingerprint density at radius 3 is 2.41 bits per heavy atom. The van der Waals surface area contributed by atoms with Crippen molar-refractivity contribution in [2.24, 2.45) is 5.10 Å². The Bertz CT molecular complexity index is 1520. The second-order valence-electron chi connectivity index (χ2n) is 7.67. The molecule has 0 saturated heterocycles. The predicted octanol–water partition coefficient (Wildman–Crippen LogP) is 5.08. The molecule has 3 aromatic carbocycles. The Labute approximate surface area is 202 Å². The number of carbonyl (C=O) groups is 1. The van der Waals surface area contributed by atoms with Crippen molar-refractivity contribution in [3.8, 4) is 11.3 Å². The van der Waals surface area contributed by atoms with Gasteiger partial charge in [0.05, 0.1) is 28.7 Å². The number of para-hydroxylation sites is 1. The van der Waals surface area contributed by atoms with E-state index in [9.17, 15) is 13.2 Å². The molecule has 0 aliphatic heterocycles. The van der Waals surface area contributed by atoms with Crippen LogP contribution in [-0.4, -0.2) is 31.3 Å². The van der Waals surface area contributed by atoms with Crippen LogP contribution in [0.5, 0.6) is 0 Å². The molecule has 172 valence electrons. The lowest BCUT2D eigenvalue weighted by Gasteiger charge is -2.10. The summed E-state index contributed by atoms with van der Waals surface area (Å²) in [7, 11) is -3.36. The van der Waals surface area contributed by atoms with Crippen molar-refractivity contribution in [1.29, 1.82) is 0 Å². The molecule has 1 aromatic heterocycles. The fraction of sp³-hybridized carbons (Fsp3) is 0.0800. The number of nitrogens with zero attached hydrogens (tertiary/aromatic N) is 2. The third-order valence-electron chi connectivity index (χ3n) is 5.01. The number of halogens is 1. The second kappa shape index (κ2) is 9.62. The number of benzene rings is 3. The Balaban J connectivity index is 1.62. The van der Waals surface area contributed by atoms with Gasteiger partial charge in [0, 0.05) is 21.7 Å². The Hall–Kier alpha value is -3.75. The number of amides is 1. The standard InChI is InChI=1S/C25H21ClN4O3S/c1-16(17-10-12-20(13-11-17)30-34(2,32)33)28-29-25(31)22-15-24(18-6-5-7-19(26)14-18)27-23-9-4-3-8-21(22)23/h3-15,30H,1-2H3,(H,29,31)/b28-16-. The van der Waals surface area contributed by atoms with Crippen LogP contribution in [0.15, 0.2) is 84.0 Å². The summed E-state index contributed by atoms with van der Waals surface area (Å²) in [5, 5.41) is 5.52. The van der Waals surface area contributed by atoms with Crippen molar-refractivity contribution >= 4 is 49.8 Å². The van der Waals surface area contributed by atoms with Crippen LogP contribution in [0.25, 0.3) is 22.2 Å². The first-order chi connectivity index (χ1) is 16.2. The third kappa shape index (κ3) is 5.59. The van der Waals surface area contributed by atoms with E-state index in [1.54, 1.807) is 49.4 Å². The minimum Gasteiger partial charge on any atom is -0.284 e. The zero-order valence-electron chi connectivity index (χ0n) is 18.4. The van der Waals surface area contributed by atoms with E-state index in [-0.39, 0.29) is 5.91 Å². The van der Waals surface area contributed by atoms with E-state index in [1.807, 2.05) is 36.4 Å². The van der Waals surface area contributed by atoms with E-state index in [0.29, 0.717) is 38.6 Å². The number of hydrazone groups is 1. The van der Waals surface area contributed by atoms with Gasteiger partial charge in [0.2, 0.25) is 10.0 Å². The zero-order chi connectivity index (χ0) is 24.3. The number of hydrogen-bond donors (Lipinski definition) is 2. The summed E-state index contributed by atoms with van der Waals surface area (Å²) in [6.45, 7) is 1.75. The largest absolute Gasteiger partial charge is 0.284 e. The highest BCUT2D eigenvalue weighted by atomic mass is 35.5. The summed E-state index contributed by atoms with van der Waals surface area (Å²) in [6.07, 6.45) is 1.09. The monoisotopic (exact) mass is 492 g/mol. The fourth-order valence-corrected chi connectivity index (χ4v) is 4.17. The quantitative estimate of drug-likeness (QED) is 0.289. The first-order valence-corrected chi connectivity index (χ1v) is 12.6. The summed E-state index contributed by atoms with van der Waals surface area (Å²) in [5.41, 5.74) is 6.90. The lowest BCUT2D eigenvalue weighted by molar-refractivity contribution is 0.0956. The zero-order valence-corrected chi connectivity index (χ0v) is 20.0. The lowest BCUT2D eigenvalue weighted by Crippen LogP contribution is -2.20. The molecule has 4 rings (SSSR count). The smallest absolute Gasteiger partial charge is 0.272 e. The van der Waals surface area contributed by atoms with E-state index in [1.165, 1.54) is 0 Å². The number of sulfonamides is 1. The van der Waals surface area contributed by atoms with Gasteiger partial charge in [-0.2, -0.15) is 5.10 Å². The van der Waals surface area contributed by atoms with Crippen molar-refractivity contribution < 1.29 is 13.2 Å².